The van der Waals surface area contributed by atoms with Gasteiger partial charge in [0.1, 0.15) is 0 Å². The summed E-state index contributed by atoms with van der Waals surface area (Å²) in [7, 11) is 0. The summed E-state index contributed by atoms with van der Waals surface area (Å²) in [4.78, 5) is 0. The molecule has 0 aromatic carbocycles. The Morgan fingerprint density at radius 1 is 1.19 bits per heavy atom. The molecule has 3 aliphatic rings. The Labute approximate surface area is 195 Å². The molecule has 3 nitrogen and oxygen atoms in total. The molecule has 3 heteroatoms. The van der Waals surface area contributed by atoms with Gasteiger partial charge in [0.05, 0.1) is 17.8 Å². The molecule has 32 heavy (non-hydrogen) atoms. The minimum atomic E-state index is -0.804. The summed E-state index contributed by atoms with van der Waals surface area (Å²) in [5.74, 6) is 1.93. The SMILES string of the molecule is C=C[C@@H](/C=C/C(C)(C)O)[C@@H](C)[C@H]1CC[C@H]2/C(=C/C=C3/C[C@@H](O)C[C@H](O)C3=C)CCC[C@]12C. The van der Waals surface area contributed by atoms with Gasteiger partial charge >= 0.3 is 0 Å². The molecule has 0 aromatic heterocycles. The van der Waals surface area contributed by atoms with Gasteiger partial charge in [-0.15, -0.1) is 6.58 Å². The maximum absolute atomic E-state index is 10.2. The quantitative estimate of drug-likeness (QED) is 0.451. The van der Waals surface area contributed by atoms with Crippen LogP contribution < -0.4 is 0 Å². The van der Waals surface area contributed by atoms with Crippen LogP contribution in [0, 0.1) is 29.1 Å². The van der Waals surface area contributed by atoms with Gasteiger partial charge < -0.3 is 15.3 Å². The van der Waals surface area contributed by atoms with Gasteiger partial charge in [-0.1, -0.05) is 56.4 Å². The van der Waals surface area contributed by atoms with Crippen LogP contribution in [0.25, 0.3) is 0 Å². The van der Waals surface area contributed by atoms with E-state index in [9.17, 15) is 15.3 Å². The number of aliphatic hydroxyl groups excluding tert-OH is 2. The molecule has 0 bridgehead atoms. The van der Waals surface area contributed by atoms with Crippen molar-refractivity contribution >= 4 is 0 Å². The average Bonchev–Trinajstić information content (AvgIpc) is 3.06. The summed E-state index contributed by atoms with van der Waals surface area (Å²) >= 11 is 0. The minimum absolute atomic E-state index is 0.256. The first kappa shape index (κ1) is 25.2. The van der Waals surface area contributed by atoms with Crippen LogP contribution in [0.3, 0.4) is 0 Å². The van der Waals surface area contributed by atoms with Crippen LogP contribution in [-0.2, 0) is 0 Å². The predicted octanol–water partition coefficient (Wildman–Crippen LogP) is 5.89. The van der Waals surface area contributed by atoms with E-state index in [2.05, 4.69) is 45.2 Å². The molecule has 7 atom stereocenters. The molecule has 0 amide bonds. The maximum Gasteiger partial charge on any atom is 0.0811 e. The number of hydrogen-bond acceptors (Lipinski definition) is 3. The molecule has 0 unspecified atom stereocenters. The average molecular weight is 441 g/mol. The van der Waals surface area contributed by atoms with E-state index in [1.165, 1.54) is 31.3 Å². The van der Waals surface area contributed by atoms with Crippen LogP contribution in [-0.4, -0.2) is 33.1 Å². The molecule has 0 spiro atoms. The molecular weight excluding hydrogens is 396 g/mol. The number of allylic oxidation sites excluding steroid dienone is 5. The largest absolute Gasteiger partial charge is 0.393 e. The molecule has 0 radical (unpaired) electrons. The summed E-state index contributed by atoms with van der Waals surface area (Å²) in [6.45, 7) is 16.6. The second-order valence-corrected chi connectivity index (χ2v) is 11.3. The summed E-state index contributed by atoms with van der Waals surface area (Å²) < 4.78 is 0. The number of rotatable bonds is 6. The standard InChI is InChI=1S/C29H44O3/c1-7-21(14-16-28(4,5)32)19(2)25-12-13-26-22(9-8-15-29(25,26)6)10-11-23-17-24(30)18-27(31)20(23)3/h7,10-11,14,16,19,21,24-27,30-32H,1,3,8-9,12-13,15,17-18H2,2,4-6H3/b16-14+,22-10+,23-11-/t19-,21+,24-,25-,26+,27+,29-/m1/s1. The maximum atomic E-state index is 10.2. The number of aliphatic hydroxyl groups is 3. The Morgan fingerprint density at radius 3 is 2.56 bits per heavy atom. The summed E-state index contributed by atoms with van der Waals surface area (Å²) in [5, 5.41) is 30.4. The fraction of sp³-hybridized carbons (Fsp3) is 0.655. The summed E-state index contributed by atoms with van der Waals surface area (Å²) in [5.41, 5.74) is 2.74. The molecule has 0 saturated heterocycles. The van der Waals surface area contributed by atoms with Gasteiger partial charge in [-0.05, 0) is 92.6 Å². The Morgan fingerprint density at radius 2 is 1.91 bits per heavy atom. The highest BCUT2D eigenvalue weighted by Gasteiger charge is 2.51. The summed E-state index contributed by atoms with van der Waals surface area (Å²) in [6, 6.07) is 0. The summed E-state index contributed by atoms with van der Waals surface area (Å²) in [6.07, 6.45) is 16.4. The van der Waals surface area contributed by atoms with Crippen molar-refractivity contribution in [2.24, 2.45) is 29.1 Å². The molecule has 3 N–H and O–H groups in total. The molecule has 178 valence electrons. The van der Waals surface area contributed by atoms with E-state index < -0.39 is 17.8 Å². The van der Waals surface area contributed by atoms with E-state index in [1.54, 1.807) is 0 Å². The molecule has 3 saturated carbocycles. The highest BCUT2D eigenvalue weighted by Crippen LogP contribution is 2.60. The normalized spacial score (nSPS) is 38.3. The fourth-order valence-electron chi connectivity index (χ4n) is 6.69. The van der Waals surface area contributed by atoms with E-state index in [1.807, 2.05) is 26.0 Å². The van der Waals surface area contributed by atoms with Gasteiger partial charge in [0, 0.05) is 6.42 Å². The fourth-order valence-corrected chi connectivity index (χ4v) is 6.69. The lowest BCUT2D eigenvalue weighted by atomic mass is 9.59. The van der Waals surface area contributed by atoms with Crippen LogP contribution in [0.15, 0.2) is 60.3 Å². The van der Waals surface area contributed by atoms with Crippen molar-refractivity contribution in [2.75, 3.05) is 0 Å². The lowest BCUT2D eigenvalue weighted by Crippen LogP contribution is -2.37. The molecule has 3 aliphatic carbocycles. The zero-order valence-corrected chi connectivity index (χ0v) is 20.6. The third kappa shape index (κ3) is 5.38. The van der Waals surface area contributed by atoms with Crippen LogP contribution in [0.1, 0.15) is 72.6 Å². The Hall–Kier alpha value is -1.42. The van der Waals surface area contributed by atoms with Gasteiger partial charge in [-0.3, -0.25) is 0 Å². The first-order chi connectivity index (χ1) is 15.0. The molecule has 3 rings (SSSR count). The van der Waals surface area contributed by atoms with Gasteiger partial charge in [-0.2, -0.15) is 0 Å². The van der Waals surface area contributed by atoms with Crippen molar-refractivity contribution in [3.8, 4) is 0 Å². The molecular formula is C29H44O3. The van der Waals surface area contributed by atoms with Crippen LogP contribution in [0.4, 0.5) is 0 Å². The number of fused-ring (bicyclic) bond motifs is 1. The molecule has 3 fully saturated rings. The van der Waals surface area contributed by atoms with Crippen molar-refractivity contribution in [3.63, 3.8) is 0 Å². The van der Waals surface area contributed by atoms with Gasteiger partial charge in [0.2, 0.25) is 0 Å². The van der Waals surface area contributed by atoms with Crippen LogP contribution >= 0.6 is 0 Å². The topological polar surface area (TPSA) is 60.7 Å². The Balaban J connectivity index is 1.81. The van der Waals surface area contributed by atoms with Crippen molar-refractivity contribution in [1.82, 2.24) is 0 Å². The first-order valence-corrected chi connectivity index (χ1v) is 12.5. The minimum Gasteiger partial charge on any atom is -0.393 e. The first-order valence-electron chi connectivity index (χ1n) is 12.5. The lowest BCUT2D eigenvalue weighted by molar-refractivity contribution is 0.0858. The van der Waals surface area contributed by atoms with Gasteiger partial charge in [-0.25, -0.2) is 0 Å². The highest BCUT2D eigenvalue weighted by atomic mass is 16.3. The second-order valence-electron chi connectivity index (χ2n) is 11.3. The van der Waals surface area contributed by atoms with E-state index >= 15 is 0 Å². The van der Waals surface area contributed by atoms with Crippen LogP contribution in [0.2, 0.25) is 0 Å². The highest BCUT2D eigenvalue weighted by molar-refractivity contribution is 5.38. The Bertz CT molecular complexity index is 796. The molecule has 0 aromatic rings. The van der Waals surface area contributed by atoms with E-state index in [0.717, 1.165) is 17.6 Å². The van der Waals surface area contributed by atoms with Crippen molar-refractivity contribution in [1.29, 1.82) is 0 Å². The van der Waals surface area contributed by atoms with Gasteiger partial charge in [0.15, 0.2) is 0 Å². The van der Waals surface area contributed by atoms with E-state index in [0.29, 0.717) is 30.6 Å². The van der Waals surface area contributed by atoms with Crippen molar-refractivity contribution in [2.45, 2.75) is 90.4 Å². The Kier molecular flexibility index (Phi) is 7.74. The second kappa shape index (κ2) is 9.83. The van der Waals surface area contributed by atoms with E-state index in [4.69, 9.17) is 0 Å². The third-order valence-electron chi connectivity index (χ3n) is 8.54. The monoisotopic (exact) mass is 440 g/mol. The van der Waals surface area contributed by atoms with Crippen molar-refractivity contribution in [3.05, 3.63) is 60.3 Å². The van der Waals surface area contributed by atoms with Crippen LogP contribution in [0.5, 0.6) is 0 Å². The predicted molar refractivity (Wildman–Crippen MR) is 133 cm³/mol. The zero-order valence-electron chi connectivity index (χ0n) is 20.6. The zero-order chi connectivity index (χ0) is 23.7. The van der Waals surface area contributed by atoms with Gasteiger partial charge in [0.25, 0.3) is 0 Å². The van der Waals surface area contributed by atoms with E-state index in [-0.39, 0.29) is 11.3 Å². The lowest BCUT2D eigenvalue weighted by Gasteiger charge is -2.45. The van der Waals surface area contributed by atoms with Crippen molar-refractivity contribution < 1.29 is 15.3 Å². The smallest absolute Gasteiger partial charge is 0.0811 e. The molecule has 0 aliphatic heterocycles. The third-order valence-corrected chi connectivity index (χ3v) is 8.54. The number of hydrogen-bond donors (Lipinski definition) is 3. The molecule has 0 heterocycles.